The van der Waals surface area contributed by atoms with Crippen LogP contribution < -0.4 is 5.32 Å². The van der Waals surface area contributed by atoms with Gasteiger partial charge in [0.15, 0.2) is 0 Å². The molecular formula is C10H18N2O5. The Kier molecular flexibility index (Phi) is 3.82. The predicted molar refractivity (Wildman–Crippen MR) is 57.0 cm³/mol. The van der Waals surface area contributed by atoms with E-state index >= 15 is 0 Å². The van der Waals surface area contributed by atoms with Crippen molar-refractivity contribution in [3.05, 3.63) is 0 Å². The molecule has 2 aliphatic rings. The molecule has 0 radical (unpaired) electrons. The summed E-state index contributed by atoms with van der Waals surface area (Å²) in [6.45, 7) is 0.272. The third kappa shape index (κ3) is 2.52. The average Bonchev–Trinajstić information content (AvgIpc) is 2.70. The number of amides is 2. The van der Waals surface area contributed by atoms with Crippen molar-refractivity contribution in [1.29, 1.82) is 0 Å². The van der Waals surface area contributed by atoms with Crippen molar-refractivity contribution in [1.82, 2.24) is 10.2 Å². The lowest BCUT2D eigenvalue weighted by atomic mass is 10.2. The van der Waals surface area contributed by atoms with Crippen LogP contribution in [0.3, 0.4) is 0 Å². The van der Waals surface area contributed by atoms with Gasteiger partial charge < -0.3 is 25.0 Å². The highest BCUT2D eigenvalue weighted by Crippen LogP contribution is 2.24. The molecule has 2 saturated heterocycles. The molecule has 2 fully saturated rings. The van der Waals surface area contributed by atoms with Crippen molar-refractivity contribution in [3.8, 4) is 0 Å². The van der Waals surface area contributed by atoms with E-state index in [9.17, 15) is 9.90 Å². The summed E-state index contributed by atoms with van der Waals surface area (Å²) in [7, 11) is 1.54. The number of hydrogen-bond acceptors (Lipinski definition) is 5. The van der Waals surface area contributed by atoms with E-state index in [1.165, 1.54) is 12.0 Å². The second-order valence-electron chi connectivity index (χ2n) is 4.27. The smallest absolute Gasteiger partial charge is 0.321 e. The standard InChI is InChI=1S/C10H18N2O5/c1-16-8-2-3-12(10(15)11-8)9-4-6(14)7(5-13)17-9/h6-9,13-14H,2-5H2,1H3,(H,11,15)/t6-,7+,8?,9+/m0/s1. The van der Waals surface area contributed by atoms with Gasteiger partial charge in [-0.3, -0.25) is 4.90 Å². The SMILES string of the molecule is COC1CCN([C@H]2C[C@H](O)[C@@H](CO)O2)C(=O)N1. The van der Waals surface area contributed by atoms with E-state index in [4.69, 9.17) is 14.6 Å². The van der Waals surface area contributed by atoms with Crippen LogP contribution in [0.5, 0.6) is 0 Å². The molecule has 7 nitrogen and oxygen atoms in total. The molecule has 2 aliphatic heterocycles. The van der Waals surface area contributed by atoms with Gasteiger partial charge in [-0.1, -0.05) is 0 Å². The number of aliphatic hydroxyl groups is 2. The first-order valence-electron chi connectivity index (χ1n) is 5.70. The zero-order valence-corrected chi connectivity index (χ0v) is 9.70. The van der Waals surface area contributed by atoms with Gasteiger partial charge in [-0.15, -0.1) is 0 Å². The molecule has 1 unspecified atom stereocenters. The van der Waals surface area contributed by atoms with E-state index in [1.54, 1.807) is 0 Å². The van der Waals surface area contributed by atoms with Crippen molar-refractivity contribution >= 4 is 6.03 Å². The Labute approximate surface area is 99.3 Å². The summed E-state index contributed by atoms with van der Waals surface area (Å²) in [5, 5.41) is 21.3. The molecule has 2 heterocycles. The number of carbonyl (C=O) groups is 1. The average molecular weight is 246 g/mol. The summed E-state index contributed by atoms with van der Waals surface area (Å²) < 4.78 is 10.5. The van der Waals surface area contributed by atoms with Crippen molar-refractivity contribution in [2.24, 2.45) is 0 Å². The summed E-state index contributed by atoms with van der Waals surface area (Å²) >= 11 is 0. The highest BCUT2D eigenvalue weighted by atomic mass is 16.5. The number of methoxy groups -OCH3 is 1. The Hall–Kier alpha value is -0.890. The van der Waals surface area contributed by atoms with E-state index in [0.717, 1.165) is 0 Å². The number of ether oxygens (including phenoxy) is 2. The second kappa shape index (κ2) is 5.18. The molecular weight excluding hydrogens is 228 g/mol. The molecule has 0 aromatic rings. The molecule has 2 rings (SSSR count). The number of aliphatic hydroxyl groups excluding tert-OH is 2. The van der Waals surface area contributed by atoms with E-state index in [-0.39, 0.29) is 18.9 Å². The molecule has 4 atom stereocenters. The zero-order chi connectivity index (χ0) is 12.4. The first-order chi connectivity index (χ1) is 8.15. The monoisotopic (exact) mass is 246 g/mol. The Morgan fingerprint density at radius 3 is 2.94 bits per heavy atom. The number of hydrogen-bond donors (Lipinski definition) is 3. The lowest BCUT2D eigenvalue weighted by molar-refractivity contribution is -0.0754. The van der Waals surface area contributed by atoms with Crippen molar-refractivity contribution < 1.29 is 24.5 Å². The molecule has 98 valence electrons. The molecule has 0 saturated carbocycles. The molecule has 0 spiro atoms. The Balaban J connectivity index is 1.93. The first kappa shape index (κ1) is 12.6. The summed E-state index contributed by atoms with van der Waals surface area (Å²) in [4.78, 5) is 13.3. The van der Waals surface area contributed by atoms with Crippen LogP contribution in [0, 0.1) is 0 Å². The number of rotatable bonds is 3. The lowest BCUT2D eigenvalue weighted by Crippen LogP contribution is -2.55. The quantitative estimate of drug-likeness (QED) is 0.584. The van der Waals surface area contributed by atoms with Gasteiger partial charge in [-0.2, -0.15) is 0 Å². The van der Waals surface area contributed by atoms with Crippen LogP contribution in [-0.2, 0) is 9.47 Å². The molecule has 7 heteroatoms. The number of urea groups is 1. The third-order valence-electron chi connectivity index (χ3n) is 3.19. The molecule has 0 aromatic carbocycles. The van der Waals surface area contributed by atoms with Gasteiger partial charge in [0.25, 0.3) is 0 Å². The summed E-state index contributed by atoms with van der Waals surface area (Å²) in [6.07, 6.45) is -1.07. The van der Waals surface area contributed by atoms with E-state index in [2.05, 4.69) is 5.32 Å². The number of nitrogens with one attached hydrogen (secondary N) is 1. The molecule has 0 aromatic heterocycles. The maximum atomic E-state index is 11.8. The van der Waals surface area contributed by atoms with Crippen molar-refractivity contribution in [2.75, 3.05) is 20.3 Å². The van der Waals surface area contributed by atoms with E-state index in [1.807, 2.05) is 0 Å². The maximum absolute atomic E-state index is 11.8. The number of nitrogens with zero attached hydrogens (tertiary/aromatic N) is 1. The van der Waals surface area contributed by atoms with Gasteiger partial charge >= 0.3 is 6.03 Å². The highest BCUT2D eigenvalue weighted by Gasteiger charge is 2.40. The van der Waals surface area contributed by atoms with Gasteiger partial charge in [0.2, 0.25) is 0 Å². The minimum Gasteiger partial charge on any atom is -0.394 e. The minimum absolute atomic E-state index is 0.242. The van der Waals surface area contributed by atoms with Gasteiger partial charge in [0.1, 0.15) is 18.6 Å². The maximum Gasteiger partial charge on any atom is 0.321 e. The fourth-order valence-electron chi connectivity index (χ4n) is 2.17. The topological polar surface area (TPSA) is 91.3 Å². The molecule has 17 heavy (non-hydrogen) atoms. The van der Waals surface area contributed by atoms with Crippen LogP contribution >= 0.6 is 0 Å². The Bertz CT molecular complexity index is 288. The molecule has 0 aliphatic carbocycles. The van der Waals surface area contributed by atoms with Crippen LogP contribution in [0.15, 0.2) is 0 Å². The van der Waals surface area contributed by atoms with Crippen molar-refractivity contribution in [2.45, 2.75) is 37.5 Å². The lowest BCUT2D eigenvalue weighted by Gasteiger charge is -2.35. The van der Waals surface area contributed by atoms with E-state index < -0.39 is 18.4 Å². The highest BCUT2D eigenvalue weighted by molar-refractivity contribution is 5.75. The number of carbonyl (C=O) groups excluding carboxylic acids is 1. The van der Waals surface area contributed by atoms with Crippen LogP contribution in [0.25, 0.3) is 0 Å². The van der Waals surface area contributed by atoms with Crippen LogP contribution in [0.2, 0.25) is 0 Å². The normalized spacial score (nSPS) is 38.3. The van der Waals surface area contributed by atoms with E-state index in [0.29, 0.717) is 19.4 Å². The molecule has 2 amide bonds. The van der Waals surface area contributed by atoms with Gasteiger partial charge in [0.05, 0.1) is 12.7 Å². The van der Waals surface area contributed by atoms with Crippen LogP contribution in [0.4, 0.5) is 4.79 Å². The summed E-state index contributed by atoms with van der Waals surface area (Å²) in [6, 6.07) is -0.265. The molecule has 3 N–H and O–H groups in total. The van der Waals surface area contributed by atoms with Crippen molar-refractivity contribution in [3.63, 3.8) is 0 Å². The Morgan fingerprint density at radius 1 is 1.65 bits per heavy atom. The minimum atomic E-state index is -0.724. The van der Waals surface area contributed by atoms with Crippen LogP contribution in [0.1, 0.15) is 12.8 Å². The first-order valence-corrected chi connectivity index (χ1v) is 5.70. The van der Waals surface area contributed by atoms with Gasteiger partial charge in [-0.05, 0) is 0 Å². The summed E-state index contributed by atoms with van der Waals surface area (Å²) in [5.41, 5.74) is 0. The summed E-state index contributed by atoms with van der Waals surface area (Å²) in [5.74, 6) is 0. The van der Waals surface area contributed by atoms with Crippen LogP contribution in [-0.4, -0.2) is 66.1 Å². The zero-order valence-electron chi connectivity index (χ0n) is 9.70. The molecule has 0 bridgehead atoms. The van der Waals surface area contributed by atoms with Gasteiger partial charge in [-0.25, -0.2) is 4.79 Å². The third-order valence-corrected chi connectivity index (χ3v) is 3.19. The Morgan fingerprint density at radius 2 is 2.41 bits per heavy atom. The second-order valence-corrected chi connectivity index (χ2v) is 4.27. The largest absolute Gasteiger partial charge is 0.394 e. The fraction of sp³-hybridized carbons (Fsp3) is 0.900. The van der Waals surface area contributed by atoms with Gasteiger partial charge in [0, 0.05) is 26.5 Å². The predicted octanol–water partition coefficient (Wildman–Crippen LogP) is -1.16. The fourth-order valence-corrected chi connectivity index (χ4v) is 2.17.